The molecule has 13 heteroatoms. The fourth-order valence-corrected chi connectivity index (χ4v) is 6.52. The van der Waals surface area contributed by atoms with Gasteiger partial charge in [-0.25, -0.2) is 4.79 Å². The summed E-state index contributed by atoms with van der Waals surface area (Å²) in [4.78, 5) is 40.1. The molecule has 1 fully saturated rings. The fraction of sp³-hybridized carbons (Fsp3) is 0.405. The lowest BCUT2D eigenvalue weighted by molar-refractivity contribution is -0.894. The normalized spacial score (nSPS) is 17.6. The maximum atomic E-state index is 12.6. The molecular formula is C37H47N3O9P+. The van der Waals surface area contributed by atoms with Crippen molar-refractivity contribution in [2.45, 2.75) is 58.2 Å². The Kier molecular flexibility index (Phi) is 14.1. The number of nitrogens with zero attached hydrogens (tertiary/aromatic N) is 1. The maximum Gasteiger partial charge on any atom is 0.488 e. The van der Waals surface area contributed by atoms with Crippen molar-refractivity contribution in [2.24, 2.45) is 0 Å². The van der Waals surface area contributed by atoms with E-state index in [1.807, 2.05) is 78.9 Å². The topological polar surface area (TPSA) is 146 Å². The number of aryl methyl sites for hydroxylation is 1. The Hall–Kier alpha value is -4.16. The highest BCUT2D eigenvalue weighted by atomic mass is 31.1. The molecule has 1 aliphatic heterocycles. The molecule has 0 spiro atoms. The number of hydrogen-bond donors (Lipinski definition) is 2. The third-order valence-electron chi connectivity index (χ3n) is 9.00. The van der Waals surface area contributed by atoms with Crippen molar-refractivity contribution in [3.8, 4) is 11.5 Å². The second-order valence-corrected chi connectivity index (χ2v) is 12.5. The number of aromatic amines is 1. The van der Waals surface area contributed by atoms with E-state index in [-0.39, 0.29) is 13.0 Å². The van der Waals surface area contributed by atoms with Crippen LogP contribution < -0.4 is 30.5 Å². The molecule has 0 amide bonds. The lowest BCUT2D eigenvalue weighted by Crippen LogP contribution is -3.11. The average Bonchev–Trinajstić information content (AvgIpc) is 3.53. The van der Waals surface area contributed by atoms with Crippen LogP contribution in [0.1, 0.15) is 55.7 Å². The third kappa shape index (κ3) is 9.14. The van der Waals surface area contributed by atoms with Gasteiger partial charge in [-0.05, 0) is 73.2 Å². The average molecular weight is 709 g/mol. The van der Waals surface area contributed by atoms with Crippen molar-refractivity contribution in [2.75, 3.05) is 40.5 Å². The van der Waals surface area contributed by atoms with Gasteiger partial charge < -0.3 is 28.7 Å². The number of H-pyrrole nitrogens is 1. The van der Waals surface area contributed by atoms with E-state index < -0.39 is 43.5 Å². The summed E-state index contributed by atoms with van der Waals surface area (Å²) in [6.07, 6.45) is -1.33. The maximum absolute atomic E-state index is 12.6. The number of methoxy groups -OCH3 is 2. The quantitative estimate of drug-likeness (QED) is 0.149. The van der Waals surface area contributed by atoms with Crippen LogP contribution in [0.3, 0.4) is 0 Å². The Morgan fingerprint density at radius 2 is 1.40 bits per heavy atom. The Bertz CT molecular complexity index is 1720. The first kappa shape index (κ1) is 38.6. The molecule has 2 N–H and O–H groups in total. The Morgan fingerprint density at radius 3 is 1.86 bits per heavy atom. The molecule has 4 aromatic rings. The highest BCUT2D eigenvalue weighted by Gasteiger charge is 2.45. The van der Waals surface area contributed by atoms with Gasteiger partial charge in [0.05, 0.1) is 40.5 Å². The highest BCUT2D eigenvalue weighted by Crippen LogP contribution is 2.43. The summed E-state index contributed by atoms with van der Waals surface area (Å²) in [7, 11) is -0.0618. The Morgan fingerprint density at radius 1 is 0.880 bits per heavy atom. The van der Waals surface area contributed by atoms with Gasteiger partial charge in [-0.2, -0.15) is 0 Å². The first-order valence-electron chi connectivity index (χ1n) is 16.7. The van der Waals surface area contributed by atoms with E-state index in [1.54, 1.807) is 26.0 Å². The van der Waals surface area contributed by atoms with Crippen LogP contribution in [0, 0.1) is 6.92 Å². The van der Waals surface area contributed by atoms with Crippen LogP contribution in [0.25, 0.3) is 0 Å². The molecular weight excluding hydrogens is 661 g/mol. The first-order chi connectivity index (χ1) is 24.1. The van der Waals surface area contributed by atoms with Gasteiger partial charge in [-0.15, -0.1) is 4.52 Å². The molecule has 1 aromatic heterocycles. The molecule has 0 bridgehead atoms. The first-order valence-corrected chi connectivity index (χ1v) is 17.8. The van der Waals surface area contributed by atoms with E-state index in [0.717, 1.165) is 16.7 Å². The second kappa shape index (κ2) is 18.2. The zero-order valence-corrected chi connectivity index (χ0v) is 30.3. The predicted molar refractivity (Wildman–Crippen MR) is 188 cm³/mol. The largest absolute Gasteiger partial charge is 0.566 e. The van der Waals surface area contributed by atoms with Crippen molar-refractivity contribution in [3.63, 3.8) is 0 Å². The van der Waals surface area contributed by atoms with Crippen LogP contribution >= 0.6 is 8.25 Å². The van der Waals surface area contributed by atoms with Crippen LogP contribution in [-0.2, 0) is 24.2 Å². The zero-order chi connectivity index (χ0) is 36.3. The van der Waals surface area contributed by atoms with Crippen molar-refractivity contribution in [3.05, 3.63) is 128 Å². The molecule has 50 heavy (non-hydrogen) atoms. The third-order valence-corrected chi connectivity index (χ3v) is 9.44. The summed E-state index contributed by atoms with van der Waals surface area (Å²) in [5.41, 5.74) is 0.288. The molecule has 0 radical (unpaired) electrons. The lowest BCUT2D eigenvalue weighted by atomic mass is 9.80. The van der Waals surface area contributed by atoms with Gasteiger partial charge in [-0.3, -0.25) is 14.3 Å². The molecule has 0 saturated carbocycles. The van der Waals surface area contributed by atoms with Crippen molar-refractivity contribution in [1.29, 1.82) is 0 Å². The van der Waals surface area contributed by atoms with Crippen LogP contribution in [0.2, 0.25) is 0 Å². The summed E-state index contributed by atoms with van der Waals surface area (Å²) in [5.74, 6) is 1.33. The number of nitrogens with one attached hydrogen (secondary N) is 2. The minimum atomic E-state index is -3.24. The van der Waals surface area contributed by atoms with Gasteiger partial charge in [-0.1, -0.05) is 54.6 Å². The lowest BCUT2D eigenvalue weighted by Gasteiger charge is -2.37. The molecule has 0 aliphatic carbocycles. The van der Waals surface area contributed by atoms with Crippen LogP contribution in [0.4, 0.5) is 0 Å². The number of rotatable bonds is 14. The van der Waals surface area contributed by atoms with Crippen molar-refractivity contribution < 1.29 is 37.8 Å². The summed E-state index contributed by atoms with van der Waals surface area (Å²) in [6, 6.07) is 24.5. The van der Waals surface area contributed by atoms with Gasteiger partial charge >= 0.3 is 13.9 Å². The van der Waals surface area contributed by atoms with Gasteiger partial charge in [0.25, 0.3) is 5.56 Å². The molecule has 1 unspecified atom stereocenters. The second-order valence-electron chi connectivity index (χ2n) is 11.8. The number of benzene rings is 3. The Balaban J connectivity index is 0.000000727. The fourth-order valence-electron chi connectivity index (χ4n) is 6.07. The van der Waals surface area contributed by atoms with Crippen molar-refractivity contribution >= 4 is 8.25 Å². The van der Waals surface area contributed by atoms with Gasteiger partial charge in [0, 0.05) is 18.2 Å². The molecule has 1 aliphatic rings. The summed E-state index contributed by atoms with van der Waals surface area (Å²) in [6.45, 7) is 11.9. The minimum absolute atomic E-state index is 0.0339. The number of ether oxygens (including phenoxy) is 4. The molecule has 1 saturated heterocycles. The van der Waals surface area contributed by atoms with E-state index in [9.17, 15) is 19.0 Å². The van der Waals surface area contributed by atoms with E-state index in [1.165, 1.54) is 30.4 Å². The summed E-state index contributed by atoms with van der Waals surface area (Å²) >= 11 is 0. The molecule has 12 nitrogen and oxygen atoms in total. The molecule has 2 heterocycles. The monoisotopic (exact) mass is 708 g/mol. The van der Waals surface area contributed by atoms with Gasteiger partial charge in [0.2, 0.25) is 0 Å². The van der Waals surface area contributed by atoms with Crippen LogP contribution in [-0.4, -0.2) is 62.2 Å². The zero-order valence-electron chi connectivity index (χ0n) is 29.4. The van der Waals surface area contributed by atoms with E-state index in [2.05, 4.69) is 25.8 Å². The van der Waals surface area contributed by atoms with E-state index in [4.69, 9.17) is 23.5 Å². The highest BCUT2D eigenvalue weighted by molar-refractivity contribution is 7.30. The molecule has 268 valence electrons. The van der Waals surface area contributed by atoms with Gasteiger partial charge in [0.15, 0.2) is 0 Å². The number of hydrogen-bond acceptors (Lipinski definition) is 9. The number of quaternary nitrogens is 1. The van der Waals surface area contributed by atoms with Gasteiger partial charge in [0.1, 0.15) is 35.5 Å². The standard InChI is InChI=1S/C31H31N2O9P.C6H15N/c1-20-18-33(30(35)32-29(20)34)28-17-26(42-43(36)37)27(41-28)19-40-31(21-7-5-4-6-8-21,22-9-13-24(38-2)14-10-22)23-11-15-25(39-3)16-12-23;1-4-7(5-2)6-3/h4-16,18,26-28H,17,19H2,1-3H3,(H,32,34,35);4-6H2,1-3H3/p+1/t26-,27+,28+;/m0./s1. The predicted octanol–water partition coefficient (Wildman–Crippen LogP) is 3.49. The van der Waals surface area contributed by atoms with E-state index in [0.29, 0.717) is 17.1 Å². The van der Waals surface area contributed by atoms with Crippen LogP contribution in [0.15, 0.2) is 94.6 Å². The molecule has 3 aromatic carbocycles. The SMILES string of the molecule is CC[NH+](CC)CC.COc1ccc(C(OC[C@H]2O[C@@H](n3cc(C)c(=O)[nH]c3=O)C[C@@H]2O[P+](=O)[O-])(c2ccccc2)c2ccc(OC)cc2)cc1. The van der Waals surface area contributed by atoms with Crippen molar-refractivity contribution in [1.82, 2.24) is 9.55 Å². The van der Waals surface area contributed by atoms with E-state index >= 15 is 0 Å². The summed E-state index contributed by atoms with van der Waals surface area (Å²) in [5, 5.41) is 0. The Labute approximate surface area is 293 Å². The minimum Gasteiger partial charge on any atom is -0.566 e. The molecule has 4 atom stereocenters. The van der Waals surface area contributed by atoms with Crippen LogP contribution in [0.5, 0.6) is 11.5 Å². The number of aromatic nitrogens is 2. The summed E-state index contributed by atoms with van der Waals surface area (Å²) < 4.78 is 42.0. The smallest absolute Gasteiger partial charge is 0.488 e. The molecule has 5 rings (SSSR count).